The van der Waals surface area contributed by atoms with E-state index in [1.807, 2.05) is 11.8 Å². The van der Waals surface area contributed by atoms with Crippen molar-refractivity contribution >= 4 is 27.6 Å². The summed E-state index contributed by atoms with van der Waals surface area (Å²) in [4.78, 5) is 4.04. The maximum Gasteiger partial charge on any atom is 0.242 e. The van der Waals surface area contributed by atoms with Crippen molar-refractivity contribution in [3.05, 3.63) is 18.3 Å². The van der Waals surface area contributed by atoms with Crippen LogP contribution in [-0.4, -0.2) is 32.0 Å². The van der Waals surface area contributed by atoms with E-state index in [9.17, 15) is 8.42 Å². The fraction of sp³-hybridized carbons (Fsp3) is 0.583. The SMILES string of the molecule is CSCCCCCCNS(=O)(=O)c1ccc(NN)nc1. The largest absolute Gasteiger partial charge is 0.308 e. The number of sulfonamides is 1. The molecule has 1 rings (SSSR count). The zero-order chi connectivity index (χ0) is 14.8. The quantitative estimate of drug-likeness (QED) is 0.344. The van der Waals surface area contributed by atoms with Gasteiger partial charge in [-0.1, -0.05) is 12.8 Å². The Kier molecular flexibility index (Phi) is 7.90. The van der Waals surface area contributed by atoms with Crippen molar-refractivity contribution in [2.45, 2.75) is 30.6 Å². The number of nitrogens with one attached hydrogen (secondary N) is 2. The van der Waals surface area contributed by atoms with Crippen LogP contribution in [0.25, 0.3) is 0 Å². The summed E-state index contributed by atoms with van der Waals surface area (Å²) in [5.41, 5.74) is 2.35. The lowest BCUT2D eigenvalue weighted by Gasteiger charge is -2.07. The summed E-state index contributed by atoms with van der Waals surface area (Å²) in [6.07, 6.45) is 7.59. The highest BCUT2D eigenvalue weighted by Gasteiger charge is 2.13. The summed E-state index contributed by atoms with van der Waals surface area (Å²) in [6.45, 7) is 0.457. The van der Waals surface area contributed by atoms with Crippen LogP contribution in [0.15, 0.2) is 23.2 Å². The zero-order valence-corrected chi connectivity index (χ0v) is 13.3. The average molecular weight is 318 g/mol. The second-order valence-electron chi connectivity index (χ2n) is 4.33. The first-order valence-corrected chi connectivity index (χ1v) is 9.39. The standard InChI is InChI=1S/C12H22N4O2S2/c1-19-9-5-3-2-4-8-15-20(17,18)11-6-7-12(16-13)14-10-11/h6-7,10,15H,2-5,8-9,13H2,1H3,(H,14,16). The molecule has 0 aliphatic heterocycles. The first kappa shape index (κ1) is 17.2. The number of nitrogens with two attached hydrogens (primary N) is 1. The Labute approximate surface area is 124 Å². The van der Waals surface area contributed by atoms with Crippen molar-refractivity contribution in [1.29, 1.82) is 0 Å². The molecule has 0 aromatic carbocycles. The Morgan fingerprint density at radius 3 is 2.60 bits per heavy atom. The van der Waals surface area contributed by atoms with E-state index in [0.717, 1.165) is 19.3 Å². The Bertz CT molecular complexity index is 477. The predicted molar refractivity (Wildman–Crippen MR) is 84.1 cm³/mol. The Balaban J connectivity index is 2.33. The molecular weight excluding hydrogens is 296 g/mol. The van der Waals surface area contributed by atoms with Gasteiger partial charge in [0, 0.05) is 12.7 Å². The number of hydrogen-bond donors (Lipinski definition) is 3. The number of hydrogen-bond acceptors (Lipinski definition) is 6. The maximum absolute atomic E-state index is 12.0. The molecule has 0 amide bonds. The number of unbranched alkanes of at least 4 members (excludes halogenated alkanes) is 3. The van der Waals surface area contributed by atoms with Gasteiger partial charge in [-0.3, -0.25) is 0 Å². The molecule has 8 heteroatoms. The van der Waals surface area contributed by atoms with Crippen LogP contribution in [0.3, 0.4) is 0 Å². The van der Waals surface area contributed by atoms with Gasteiger partial charge in [-0.25, -0.2) is 24.0 Å². The number of nitrogens with zero attached hydrogens (tertiary/aromatic N) is 1. The Morgan fingerprint density at radius 2 is 2.00 bits per heavy atom. The second kappa shape index (κ2) is 9.17. The van der Waals surface area contributed by atoms with Crippen molar-refractivity contribution in [3.8, 4) is 0 Å². The van der Waals surface area contributed by atoms with Crippen LogP contribution in [0.4, 0.5) is 5.82 Å². The molecule has 4 N–H and O–H groups in total. The molecule has 114 valence electrons. The van der Waals surface area contributed by atoms with E-state index < -0.39 is 10.0 Å². The highest BCUT2D eigenvalue weighted by molar-refractivity contribution is 7.98. The summed E-state index contributed by atoms with van der Waals surface area (Å²) in [7, 11) is -3.47. The van der Waals surface area contributed by atoms with Crippen molar-refractivity contribution in [2.24, 2.45) is 5.84 Å². The number of anilines is 1. The third-order valence-corrected chi connectivity index (χ3v) is 4.91. The van der Waals surface area contributed by atoms with Crippen molar-refractivity contribution in [2.75, 3.05) is 24.0 Å². The minimum atomic E-state index is -3.47. The molecule has 0 aliphatic carbocycles. The van der Waals surface area contributed by atoms with E-state index >= 15 is 0 Å². The Morgan fingerprint density at radius 1 is 1.25 bits per heavy atom. The second-order valence-corrected chi connectivity index (χ2v) is 7.08. The van der Waals surface area contributed by atoms with Crippen molar-refractivity contribution in [1.82, 2.24) is 9.71 Å². The number of pyridine rings is 1. The van der Waals surface area contributed by atoms with Crippen molar-refractivity contribution in [3.63, 3.8) is 0 Å². The van der Waals surface area contributed by atoms with Crippen LogP contribution >= 0.6 is 11.8 Å². The molecule has 0 atom stereocenters. The topological polar surface area (TPSA) is 97.1 Å². The van der Waals surface area contributed by atoms with Gasteiger partial charge in [0.25, 0.3) is 0 Å². The lowest BCUT2D eigenvalue weighted by atomic mass is 10.2. The van der Waals surface area contributed by atoms with E-state index in [4.69, 9.17) is 5.84 Å². The number of hydrazine groups is 1. The molecule has 0 unspecified atom stereocenters. The van der Waals surface area contributed by atoms with Crippen LogP contribution in [0.5, 0.6) is 0 Å². The predicted octanol–water partition coefficient (Wildman–Crippen LogP) is 1.57. The summed E-state index contributed by atoms with van der Waals surface area (Å²) < 4.78 is 26.5. The van der Waals surface area contributed by atoms with E-state index in [0.29, 0.717) is 12.4 Å². The van der Waals surface area contributed by atoms with E-state index in [2.05, 4.69) is 21.4 Å². The normalized spacial score (nSPS) is 11.5. The first-order chi connectivity index (χ1) is 9.60. The highest BCUT2D eigenvalue weighted by Crippen LogP contribution is 2.10. The van der Waals surface area contributed by atoms with Gasteiger partial charge in [-0.2, -0.15) is 11.8 Å². The molecule has 0 fully saturated rings. The highest BCUT2D eigenvalue weighted by atomic mass is 32.2. The van der Waals surface area contributed by atoms with Crippen LogP contribution in [0.2, 0.25) is 0 Å². The van der Waals surface area contributed by atoms with E-state index in [-0.39, 0.29) is 4.90 Å². The smallest absolute Gasteiger partial charge is 0.242 e. The van der Waals surface area contributed by atoms with Crippen molar-refractivity contribution < 1.29 is 8.42 Å². The number of aromatic nitrogens is 1. The van der Waals surface area contributed by atoms with Crippen LogP contribution in [0.1, 0.15) is 25.7 Å². The van der Waals surface area contributed by atoms with E-state index in [1.54, 1.807) is 0 Å². The van der Waals surface area contributed by atoms with Gasteiger partial charge in [0.1, 0.15) is 10.7 Å². The lowest BCUT2D eigenvalue weighted by molar-refractivity contribution is 0.573. The van der Waals surface area contributed by atoms with Gasteiger partial charge in [0.15, 0.2) is 0 Å². The molecule has 20 heavy (non-hydrogen) atoms. The summed E-state index contributed by atoms with van der Waals surface area (Å²) >= 11 is 1.84. The van der Waals surface area contributed by atoms with Crippen LogP contribution in [-0.2, 0) is 10.0 Å². The first-order valence-electron chi connectivity index (χ1n) is 6.51. The molecule has 0 bridgehead atoms. The summed E-state index contributed by atoms with van der Waals surface area (Å²) in [6, 6.07) is 3.00. The number of rotatable bonds is 10. The van der Waals surface area contributed by atoms with Gasteiger partial charge in [-0.15, -0.1) is 0 Å². The van der Waals surface area contributed by atoms with Gasteiger partial charge in [-0.05, 0) is 37.0 Å². The fourth-order valence-electron chi connectivity index (χ4n) is 1.64. The molecule has 1 aromatic heterocycles. The fourth-order valence-corrected chi connectivity index (χ4v) is 3.15. The minimum absolute atomic E-state index is 0.152. The third-order valence-electron chi connectivity index (χ3n) is 2.76. The summed E-state index contributed by atoms with van der Waals surface area (Å²) in [5, 5.41) is 0. The van der Waals surface area contributed by atoms with Gasteiger partial charge < -0.3 is 5.43 Å². The van der Waals surface area contributed by atoms with Crippen LogP contribution in [0, 0.1) is 0 Å². The average Bonchev–Trinajstić information content (AvgIpc) is 2.46. The number of nitrogen functional groups attached to an aromatic ring is 1. The monoisotopic (exact) mass is 318 g/mol. The molecule has 6 nitrogen and oxygen atoms in total. The lowest BCUT2D eigenvalue weighted by Crippen LogP contribution is -2.25. The van der Waals surface area contributed by atoms with Crippen LogP contribution < -0.4 is 16.0 Å². The third kappa shape index (κ3) is 6.08. The minimum Gasteiger partial charge on any atom is -0.308 e. The molecule has 1 aromatic rings. The van der Waals surface area contributed by atoms with Gasteiger partial charge in [0.05, 0.1) is 0 Å². The molecule has 0 saturated carbocycles. The Hall–Kier alpha value is -0.830. The summed E-state index contributed by atoms with van der Waals surface area (Å²) in [5.74, 6) is 6.77. The van der Waals surface area contributed by atoms with E-state index in [1.165, 1.54) is 30.5 Å². The maximum atomic E-state index is 12.0. The number of thioether (sulfide) groups is 1. The molecular formula is C12H22N4O2S2. The molecule has 1 heterocycles. The molecule has 0 radical (unpaired) electrons. The zero-order valence-electron chi connectivity index (χ0n) is 11.6. The molecule has 0 spiro atoms. The molecule has 0 aliphatic rings. The van der Waals surface area contributed by atoms with Gasteiger partial charge in [0.2, 0.25) is 10.0 Å². The molecule has 0 saturated heterocycles. The van der Waals surface area contributed by atoms with Gasteiger partial charge >= 0.3 is 0 Å².